The molecule has 0 aromatic heterocycles. The van der Waals surface area contributed by atoms with Gasteiger partial charge in [0.25, 0.3) is 0 Å². The number of likely N-dealkylation sites (tertiary alicyclic amines) is 1. The molecule has 1 unspecified atom stereocenters. The molecule has 1 atom stereocenters. The quantitative estimate of drug-likeness (QED) is 0.828. The molecule has 1 aromatic carbocycles. The molecule has 2 rings (SSSR count). The third-order valence-corrected chi connectivity index (χ3v) is 4.07. The smallest absolute Gasteiger partial charge is 0.335 e. The number of amides is 2. The van der Waals surface area contributed by atoms with Crippen LogP contribution in [0.2, 0.25) is 0 Å². The number of rotatable bonds is 6. The Kier molecular flexibility index (Phi) is 5.36. The van der Waals surface area contributed by atoms with Gasteiger partial charge in [-0.2, -0.15) is 0 Å². The van der Waals surface area contributed by atoms with Crippen LogP contribution in [0, 0.1) is 5.92 Å². The standard InChI is InChI=1S/C17H22N2O4/c1-11(2)19-10-14(9-15(19)20)16(21)18-8-7-12-3-5-13(6-4-12)17(22)23/h3-6,11,14H,7-10H2,1-2H3,(H,18,21)(H,22,23). The van der Waals surface area contributed by atoms with E-state index in [2.05, 4.69) is 5.32 Å². The van der Waals surface area contributed by atoms with Gasteiger partial charge >= 0.3 is 5.97 Å². The summed E-state index contributed by atoms with van der Waals surface area (Å²) in [6.07, 6.45) is 0.900. The highest BCUT2D eigenvalue weighted by Crippen LogP contribution is 2.20. The Morgan fingerprint density at radius 3 is 2.48 bits per heavy atom. The van der Waals surface area contributed by atoms with Crippen LogP contribution >= 0.6 is 0 Å². The van der Waals surface area contributed by atoms with Crippen molar-refractivity contribution in [3.05, 3.63) is 35.4 Å². The molecule has 0 spiro atoms. The summed E-state index contributed by atoms with van der Waals surface area (Å²) in [5, 5.41) is 11.7. The van der Waals surface area contributed by atoms with Crippen LogP contribution in [-0.4, -0.2) is 46.9 Å². The summed E-state index contributed by atoms with van der Waals surface area (Å²) < 4.78 is 0. The Balaban J connectivity index is 1.79. The zero-order chi connectivity index (χ0) is 17.0. The summed E-state index contributed by atoms with van der Waals surface area (Å²) >= 11 is 0. The largest absolute Gasteiger partial charge is 0.478 e. The monoisotopic (exact) mass is 318 g/mol. The van der Waals surface area contributed by atoms with E-state index < -0.39 is 5.97 Å². The van der Waals surface area contributed by atoms with E-state index in [0.717, 1.165) is 5.56 Å². The lowest BCUT2D eigenvalue weighted by atomic mass is 10.1. The Morgan fingerprint density at radius 1 is 1.30 bits per heavy atom. The molecule has 2 N–H and O–H groups in total. The minimum atomic E-state index is -0.953. The topological polar surface area (TPSA) is 86.7 Å². The first kappa shape index (κ1) is 17.0. The van der Waals surface area contributed by atoms with Gasteiger partial charge in [0.2, 0.25) is 11.8 Å². The lowest BCUT2D eigenvalue weighted by Gasteiger charge is -2.20. The van der Waals surface area contributed by atoms with E-state index in [1.54, 1.807) is 29.2 Å². The fourth-order valence-corrected chi connectivity index (χ4v) is 2.69. The zero-order valence-electron chi connectivity index (χ0n) is 13.4. The molecule has 0 bridgehead atoms. The highest BCUT2D eigenvalue weighted by molar-refractivity contribution is 5.89. The van der Waals surface area contributed by atoms with Crippen LogP contribution in [0.15, 0.2) is 24.3 Å². The number of aromatic carboxylic acids is 1. The second-order valence-corrected chi connectivity index (χ2v) is 6.08. The number of carboxylic acids is 1. The minimum Gasteiger partial charge on any atom is -0.478 e. The summed E-state index contributed by atoms with van der Waals surface area (Å²) in [6.45, 7) is 4.84. The van der Waals surface area contributed by atoms with Crippen molar-refractivity contribution in [2.45, 2.75) is 32.7 Å². The number of carboxylic acid groups (broad SMARTS) is 1. The Labute approximate surface area is 135 Å². The highest BCUT2D eigenvalue weighted by atomic mass is 16.4. The van der Waals surface area contributed by atoms with Gasteiger partial charge in [-0.05, 0) is 38.0 Å². The van der Waals surface area contributed by atoms with Crippen molar-refractivity contribution >= 4 is 17.8 Å². The fraction of sp³-hybridized carbons (Fsp3) is 0.471. The number of carbonyl (C=O) groups is 3. The number of benzene rings is 1. The number of hydrogen-bond acceptors (Lipinski definition) is 3. The molecule has 0 radical (unpaired) electrons. The van der Waals surface area contributed by atoms with Gasteiger partial charge in [0, 0.05) is 25.6 Å². The molecule has 1 aromatic rings. The molecule has 2 amide bonds. The van der Waals surface area contributed by atoms with Crippen molar-refractivity contribution in [1.29, 1.82) is 0 Å². The second kappa shape index (κ2) is 7.26. The van der Waals surface area contributed by atoms with Crippen LogP contribution in [0.1, 0.15) is 36.2 Å². The Bertz CT molecular complexity index is 595. The maximum absolute atomic E-state index is 12.1. The number of nitrogens with zero attached hydrogens (tertiary/aromatic N) is 1. The molecular formula is C17H22N2O4. The maximum atomic E-state index is 12.1. The van der Waals surface area contributed by atoms with E-state index in [1.807, 2.05) is 13.8 Å². The minimum absolute atomic E-state index is 0.0319. The van der Waals surface area contributed by atoms with Gasteiger partial charge in [-0.3, -0.25) is 9.59 Å². The van der Waals surface area contributed by atoms with E-state index in [9.17, 15) is 14.4 Å². The molecule has 0 saturated carbocycles. The molecule has 1 aliphatic rings. The van der Waals surface area contributed by atoms with E-state index in [1.165, 1.54) is 0 Å². The van der Waals surface area contributed by atoms with Crippen LogP contribution in [0.5, 0.6) is 0 Å². The van der Waals surface area contributed by atoms with Crippen LogP contribution in [0.25, 0.3) is 0 Å². The number of hydrogen-bond donors (Lipinski definition) is 2. The lowest BCUT2D eigenvalue weighted by molar-refractivity contribution is -0.129. The lowest BCUT2D eigenvalue weighted by Crippen LogP contribution is -2.36. The van der Waals surface area contributed by atoms with E-state index >= 15 is 0 Å². The van der Waals surface area contributed by atoms with Gasteiger partial charge in [0.05, 0.1) is 11.5 Å². The van der Waals surface area contributed by atoms with Crippen LogP contribution in [-0.2, 0) is 16.0 Å². The van der Waals surface area contributed by atoms with Crippen molar-refractivity contribution < 1.29 is 19.5 Å². The number of nitrogens with one attached hydrogen (secondary N) is 1. The summed E-state index contributed by atoms with van der Waals surface area (Å²) in [4.78, 5) is 36.4. The zero-order valence-corrected chi connectivity index (χ0v) is 13.4. The summed E-state index contributed by atoms with van der Waals surface area (Å²) in [5.41, 5.74) is 1.21. The first-order chi connectivity index (χ1) is 10.9. The summed E-state index contributed by atoms with van der Waals surface area (Å²) in [5.74, 6) is -1.29. The summed E-state index contributed by atoms with van der Waals surface area (Å²) in [6, 6.07) is 6.71. The molecule has 1 aliphatic heterocycles. The van der Waals surface area contributed by atoms with Crippen LogP contribution in [0.4, 0.5) is 0 Å². The van der Waals surface area contributed by atoms with Gasteiger partial charge in [0.15, 0.2) is 0 Å². The van der Waals surface area contributed by atoms with Crippen molar-refractivity contribution in [1.82, 2.24) is 10.2 Å². The molecule has 1 saturated heterocycles. The van der Waals surface area contributed by atoms with Crippen molar-refractivity contribution in [2.24, 2.45) is 5.92 Å². The first-order valence-electron chi connectivity index (χ1n) is 7.78. The van der Waals surface area contributed by atoms with E-state index in [4.69, 9.17) is 5.11 Å². The molecule has 1 fully saturated rings. The molecule has 6 heteroatoms. The molecule has 1 heterocycles. The average Bonchev–Trinajstić information content (AvgIpc) is 2.90. The third-order valence-electron chi connectivity index (χ3n) is 4.07. The van der Waals surface area contributed by atoms with Crippen LogP contribution < -0.4 is 5.32 Å². The van der Waals surface area contributed by atoms with Crippen molar-refractivity contribution in [3.63, 3.8) is 0 Å². The summed E-state index contributed by atoms with van der Waals surface area (Å²) in [7, 11) is 0. The second-order valence-electron chi connectivity index (χ2n) is 6.08. The Hall–Kier alpha value is -2.37. The van der Waals surface area contributed by atoms with Gasteiger partial charge in [-0.25, -0.2) is 4.79 Å². The molecule has 23 heavy (non-hydrogen) atoms. The van der Waals surface area contributed by atoms with Gasteiger partial charge < -0.3 is 15.3 Å². The van der Waals surface area contributed by atoms with E-state index in [-0.39, 0.29) is 35.8 Å². The third kappa shape index (κ3) is 4.31. The van der Waals surface area contributed by atoms with Gasteiger partial charge in [0.1, 0.15) is 0 Å². The molecular weight excluding hydrogens is 296 g/mol. The van der Waals surface area contributed by atoms with Crippen LogP contribution in [0.3, 0.4) is 0 Å². The maximum Gasteiger partial charge on any atom is 0.335 e. The Morgan fingerprint density at radius 2 is 1.96 bits per heavy atom. The van der Waals surface area contributed by atoms with Gasteiger partial charge in [-0.15, -0.1) is 0 Å². The van der Waals surface area contributed by atoms with Crippen molar-refractivity contribution in [2.75, 3.05) is 13.1 Å². The normalized spacial score (nSPS) is 17.6. The average molecular weight is 318 g/mol. The van der Waals surface area contributed by atoms with E-state index in [0.29, 0.717) is 19.5 Å². The SMILES string of the molecule is CC(C)N1CC(C(=O)NCCc2ccc(C(=O)O)cc2)CC1=O. The fourth-order valence-electron chi connectivity index (χ4n) is 2.69. The highest BCUT2D eigenvalue weighted by Gasteiger charge is 2.35. The first-order valence-corrected chi connectivity index (χ1v) is 7.78. The van der Waals surface area contributed by atoms with Gasteiger partial charge in [-0.1, -0.05) is 12.1 Å². The predicted molar refractivity (Wildman–Crippen MR) is 85.1 cm³/mol. The molecule has 124 valence electrons. The molecule has 6 nitrogen and oxygen atoms in total. The number of carbonyl (C=O) groups excluding carboxylic acids is 2. The predicted octanol–water partition coefficient (Wildman–Crippen LogP) is 1.30. The van der Waals surface area contributed by atoms with Crippen molar-refractivity contribution in [3.8, 4) is 0 Å². The molecule has 0 aliphatic carbocycles.